The molecule has 1 aromatic carbocycles. The summed E-state index contributed by atoms with van der Waals surface area (Å²) >= 11 is 3.45. The molecule has 1 heterocycles. The fourth-order valence-electron chi connectivity index (χ4n) is 1.43. The maximum Gasteiger partial charge on any atom is 0.0844 e. The predicted octanol–water partition coefficient (Wildman–Crippen LogP) is 2.53. The van der Waals surface area contributed by atoms with Crippen LogP contribution in [0.3, 0.4) is 0 Å². The number of benzene rings is 1. The van der Waals surface area contributed by atoms with Crippen molar-refractivity contribution in [1.29, 1.82) is 0 Å². The number of hydrogen-bond acceptors (Lipinski definition) is 2. The zero-order valence-electron chi connectivity index (χ0n) is 7.57. The van der Waals surface area contributed by atoms with Crippen molar-refractivity contribution in [2.24, 2.45) is 0 Å². The topological polar surface area (TPSA) is 33.1 Å². The molecule has 1 aromatic heterocycles. The van der Waals surface area contributed by atoms with Crippen LogP contribution in [0.5, 0.6) is 0 Å². The molecule has 0 aliphatic heterocycles. The van der Waals surface area contributed by atoms with Crippen LogP contribution in [0.25, 0.3) is 10.9 Å². The number of fused-ring (bicyclic) bond motifs is 1. The largest absolute Gasteiger partial charge is 0.396 e. The minimum Gasteiger partial charge on any atom is -0.396 e. The molecule has 0 saturated heterocycles. The molecule has 0 spiro atoms. The minimum atomic E-state index is 0.168. The summed E-state index contributed by atoms with van der Waals surface area (Å²) in [7, 11) is 0. The molecule has 14 heavy (non-hydrogen) atoms. The lowest BCUT2D eigenvalue weighted by molar-refractivity contribution is 0.299. The van der Waals surface area contributed by atoms with E-state index < -0.39 is 0 Å². The second-order valence-corrected chi connectivity index (χ2v) is 3.98. The molecular weight excluding hydrogens is 242 g/mol. The Labute approximate surface area is 90.7 Å². The summed E-state index contributed by atoms with van der Waals surface area (Å²) in [6.45, 7) is 0.168. The van der Waals surface area contributed by atoms with Crippen molar-refractivity contribution in [3.8, 4) is 0 Å². The highest BCUT2D eigenvalue weighted by Crippen LogP contribution is 2.22. The highest BCUT2D eigenvalue weighted by atomic mass is 79.9. The quantitative estimate of drug-likeness (QED) is 0.890. The number of aliphatic hydroxyl groups excluding tert-OH is 1. The molecule has 0 aliphatic rings. The van der Waals surface area contributed by atoms with Gasteiger partial charge in [-0.3, -0.25) is 4.98 Å². The summed E-state index contributed by atoms with van der Waals surface area (Å²) < 4.78 is 1.01. The lowest BCUT2D eigenvalue weighted by Gasteiger charge is -2.02. The van der Waals surface area contributed by atoms with Crippen LogP contribution in [0.1, 0.15) is 5.56 Å². The van der Waals surface area contributed by atoms with Crippen molar-refractivity contribution >= 4 is 26.8 Å². The molecule has 0 atom stereocenters. The first-order valence-corrected chi connectivity index (χ1v) is 5.24. The third-order valence-corrected chi connectivity index (χ3v) is 2.76. The zero-order chi connectivity index (χ0) is 9.97. The average molecular weight is 252 g/mol. The number of aliphatic hydroxyl groups is 1. The number of rotatable bonds is 2. The molecule has 0 saturated carbocycles. The normalized spacial score (nSPS) is 10.7. The van der Waals surface area contributed by atoms with E-state index in [0.29, 0.717) is 6.42 Å². The lowest BCUT2D eigenvalue weighted by atomic mass is 10.1. The van der Waals surface area contributed by atoms with Crippen molar-refractivity contribution in [2.75, 3.05) is 6.61 Å². The van der Waals surface area contributed by atoms with Gasteiger partial charge in [0.15, 0.2) is 0 Å². The number of halogens is 1. The monoisotopic (exact) mass is 251 g/mol. The minimum absolute atomic E-state index is 0.168. The third kappa shape index (κ3) is 1.79. The Balaban J connectivity index is 2.56. The van der Waals surface area contributed by atoms with Gasteiger partial charge in [-0.25, -0.2) is 0 Å². The van der Waals surface area contributed by atoms with Crippen molar-refractivity contribution in [3.05, 3.63) is 40.5 Å². The van der Waals surface area contributed by atoms with Crippen molar-refractivity contribution in [2.45, 2.75) is 6.42 Å². The van der Waals surface area contributed by atoms with Gasteiger partial charge in [0.25, 0.3) is 0 Å². The summed E-state index contributed by atoms with van der Waals surface area (Å²) in [5, 5.41) is 9.91. The number of aromatic nitrogens is 1. The maximum absolute atomic E-state index is 8.81. The summed E-state index contributed by atoms with van der Waals surface area (Å²) in [6.07, 6.45) is 2.47. The summed E-state index contributed by atoms with van der Waals surface area (Å²) in [5.74, 6) is 0. The highest BCUT2D eigenvalue weighted by molar-refractivity contribution is 9.10. The standard InChI is InChI=1S/C11H10BrNO/c12-10-3-1-2-9-6-8(4-5-14)7-13-11(9)10/h1-3,6-7,14H,4-5H2. The van der Waals surface area contributed by atoms with Gasteiger partial charge in [-0.05, 0) is 40.0 Å². The third-order valence-electron chi connectivity index (χ3n) is 2.12. The van der Waals surface area contributed by atoms with Crippen LogP contribution in [0.4, 0.5) is 0 Å². The van der Waals surface area contributed by atoms with Crippen LogP contribution in [0.15, 0.2) is 34.9 Å². The van der Waals surface area contributed by atoms with Gasteiger partial charge in [0.1, 0.15) is 0 Å². The fraction of sp³-hybridized carbons (Fsp3) is 0.182. The number of para-hydroxylation sites is 1. The number of nitrogens with zero attached hydrogens (tertiary/aromatic N) is 1. The molecule has 2 aromatic rings. The Morgan fingerprint density at radius 2 is 2.21 bits per heavy atom. The Morgan fingerprint density at radius 3 is 3.00 bits per heavy atom. The van der Waals surface area contributed by atoms with Gasteiger partial charge < -0.3 is 5.11 Å². The Bertz CT molecular complexity index is 456. The van der Waals surface area contributed by atoms with Crippen LogP contribution < -0.4 is 0 Å². The highest BCUT2D eigenvalue weighted by Gasteiger charge is 2.00. The smallest absolute Gasteiger partial charge is 0.0844 e. The molecule has 0 amide bonds. The van der Waals surface area contributed by atoms with Gasteiger partial charge in [-0.1, -0.05) is 12.1 Å². The zero-order valence-corrected chi connectivity index (χ0v) is 9.16. The van der Waals surface area contributed by atoms with E-state index in [2.05, 4.69) is 27.0 Å². The first kappa shape index (κ1) is 9.62. The van der Waals surface area contributed by atoms with E-state index in [4.69, 9.17) is 5.11 Å². The van der Waals surface area contributed by atoms with E-state index in [0.717, 1.165) is 20.9 Å². The van der Waals surface area contributed by atoms with Crippen LogP contribution in [0.2, 0.25) is 0 Å². The number of pyridine rings is 1. The fourth-order valence-corrected chi connectivity index (χ4v) is 1.92. The molecule has 0 unspecified atom stereocenters. The lowest BCUT2D eigenvalue weighted by Crippen LogP contribution is -1.92. The van der Waals surface area contributed by atoms with Gasteiger partial charge >= 0.3 is 0 Å². The average Bonchev–Trinajstić information content (AvgIpc) is 2.18. The van der Waals surface area contributed by atoms with Crippen molar-refractivity contribution < 1.29 is 5.11 Å². The van der Waals surface area contributed by atoms with E-state index in [1.807, 2.05) is 24.4 Å². The van der Waals surface area contributed by atoms with Gasteiger partial charge in [-0.15, -0.1) is 0 Å². The molecule has 72 valence electrons. The molecular formula is C11H10BrNO. The van der Waals surface area contributed by atoms with Crippen LogP contribution in [-0.2, 0) is 6.42 Å². The maximum atomic E-state index is 8.81. The molecule has 0 radical (unpaired) electrons. The molecule has 0 bridgehead atoms. The molecule has 2 rings (SSSR count). The van der Waals surface area contributed by atoms with E-state index >= 15 is 0 Å². The Hall–Kier alpha value is -0.930. The van der Waals surface area contributed by atoms with E-state index in [9.17, 15) is 0 Å². The summed E-state index contributed by atoms with van der Waals surface area (Å²) in [4.78, 5) is 4.34. The predicted molar refractivity (Wildman–Crippen MR) is 60.2 cm³/mol. The number of hydrogen-bond donors (Lipinski definition) is 1. The Kier molecular flexibility index (Phi) is 2.79. The molecule has 0 fully saturated rings. The van der Waals surface area contributed by atoms with Gasteiger partial charge in [0, 0.05) is 22.7 Å². The van der Waals surface area contributed by atoms with Gasteiger partial charge in [0.05, 0.1) is 5.52 Å². The van der Waals surface area contributed by atoms with Crippen LogP contribution in [0, 0.1) is 0 Å². The molecule has 1 N–H and O–H groups in total. The first-order chi connectivity index (χ1) is 6.81. The molecule has 0 aliphatic carbocycles. The summed E-state index contributed by atoms with van der Waals surface area (Å²) in [5.41, 5.74) is 2.03. The van der Waals surface area contributed by atoms with Crippen LogP contribution >= 0.6 is 15.9 Å². The second-order valence-electron chi connectivity index (χ2n) is 3.13. The van der Waals surface area contributed by atoms with Crippen molar-refractivity contribution in [3.63, 3.8) is 0 Å². The van der Waals surface area contributed by atoms with Crippen molar-refractivity contribution in [1.82, 2.24) is 4.98 Å². The Morgan fingerprint density at radius 1 is 1.36 bits per heavy atom. The summed E-state index contributed by atoms with van der Waals surface area (Å²) in [6, 6.07) is 8.04. The van der Waals surface area contributed by atoms with Gasteiger partial charge in [-0.2, -0.15) is 0 Å². The van der Waals surface area contributed by atoms with Gasteiger partial charge in [0.2, 0.25) is 0 Å². The van der Waals surface area contributed by atoms with Crippen LogP contribution in [-0.4, -0.2) is 16.7 Å². The second kappa shape index (κ2) is 4.07. The molecule has 2 nitrogen and oxygen atoms in total. The van der Waals surface area contributed by atoms with E-state index in [-0.39, 0.29) is 6.61 Å². The van der Waals surface area contributed by atoms with E-state index in [1.165, 1.54) is 0 Å². The SMILES string of the molecule is OCCc1cnc2c(Br)cccc2c1. The van der Waals surface area contributed by atoms with E-state index in [1.54, 1.807) is 0 Å². The first-order valence-electron chi connectivity index (χ1n) is 4.45. The molecule has 3 heteroatoms.